The summed E-state index contributed by atoms with van der Waals surface area (Å²) < 4.78 is 5.31. The maximum atomic E-state index is 12.5. The summed E-state index contributed by atoms with van der Waals surface area (Å²) in [6.07, 6.45) is 0. The molecule has 130 valence electrons. The zero-order chi connectivity index (χ0) is 19.0. The molecule has 6 nitrogen and oxygen atoms in total. The molecule has 0 saturated carbocycles. The Bertz CT molecular complexity index is 1270. The number of fused-ring (bicyclic) bond motifs is 1. The van der Waals surface area contributed by atoms with E-state index in [4.69, 9.17) is 10.2 Å². The van der Waals surface area contributed by atoms with Crippen LogP contribution in [0, 0.1) is 11.3 Å². The van der Waals surface area contributed by atoms with E-state index < -0.39 is 5.63 Å². The highest BCUT2D eigenvalue weighted by Crippen LogP contribution is 2.36. The van der Waals surface area contributed by atoms with Crippen molar-refractivity contribution < 1.29 is 9.52 Å². The zero-order valence-electron chi connectivity index (χ0n) is 14.0. The van der Waals surface area contributed by atoms with E-state index in [1.807, 2.05) is 36.4 Å². The lowest BCUT2D eigenvalue weighted by atomic mass is 9.98. The van der Waals surface area contributed by atoms with Crippen LogP contribution in [0.15, 0.2) is 69.9 Å². The summed E-state index contributed by atoms with van der Waals surface area (Å²) in [7, 11) is 0. The van der Waals surface area contributed by atoms with Gasteiger partial charge in [0.25, 0.3) is 0 Å². The lowest BCUT2D eigenvalue weighted by Gasteiger charge is -2.11. The molecule has 0 bridgehead atoms. The smallest absolute Gasteiger partial charge is 0.349 e. The lowest BCUT2D eigenvalue weighted by Crippen LogP contribution is -2.07. The standard InChI is InChI=1S/C21H13N3O3/c22-11-15-14(12-6-2-1-3-7-12)10-16(24-20(15)23)18-19(25)13-8-4-5-9-17(13)27-21(18)26/h1-10,25H,(H2,23,24). The molecule has 0 aliphatic heterocycles. The van der Waals surface area contributed by atoms with Gasteiger partial charge in [0.2, 0.25) is 0 Å². The number of hydrogen-bond donors (Lipinski definition) is 2. The van der Waals surface area contributed by atoms with Crippen LogP contribution in [0.3, 0.4) is 0 Å². The molecule has 0 aliphatic rings. The summed E-state index contributed by atoms with van der Waals surface area (Å²) in [5.41, 5.74) is 7.02. The second-order valence-corrected chi connectivity index (χ2v) is 5.90. The van der Waals surface area contributed by atoms with Crippen LogP contribution in [0.1, 0.15) is 5.56 Å². The van der Waals surface area contributed by atoms with E-state index in [1.165, 1.54) is 0 Å². The van der Waals surface area contributed by atoms with Gasteiger partial charge in [-0.15, -0.1) is 0 Å². The number of nitriles is 1. The Morgan fingerprint density at radius 3 is 2.52 bits per heavy atom. The fourth-order valence-corrected chi connectivity index (χ4v) is 3.02. The van der Waals surface area contributed by atoms with Gasteiger partial charge >= 0.3 is 5.63 Å². The number of aromatic nitrogens is 1. The van der Waals surface area contributed by atoms with Gasteiger partial charge in [0.05, 0.1) is 11.1 Å². The minimum Gasteiger partial charge on any atom is -0.506 e. The highest BCUT2D eigenvalue weighted by atomic mass is 16.4. The Hall–Kier alpha value is -4.11. The SMILES string of the molecule is N#Cc1c(-c2ccccc2)cc(-c2c(O)c3ccccc3oc2=O)nc1N. The van der Waals surface area contributed by atoms with Crippen LogP contribution in [-0.2, 0) is 0 Å². The Morgan fingerprint density at radius 1 is 1.07 bits per heavy atom. The van der Waals surface area contributed by atoms with Gasteiger partial charge < -0.3 is 15.3 Å². The number of benzene rings is 2. The Kier molecular flexibility index (Phi) is 3.83. The second kappa shape index (κ2) is 6.32. The van der Waals surface area contributed by atoms with Crippen LogP contribution >= 0.6 is 0 Å². The maximum absolute atomic E-state index is 12.5. The van der Waals surface area contributed by atoms with Crippen molar-refractivity contribution in [3.05, 3.63) is 76.6 Å². The third kappa shape index (κ3) is 2.68. The highest BCUT2D eigenvalue weighted by molar-refractivity contribution is 5.91. The van der Waals surface area contributed by atoms with E-state index >= 15 is 0 Å². The number of hydrogen-bond acceptors (Lipinski definition) is 6. The number of nitrogen functional groups attached to an aromatic ring is 1. The molecule has 0 atom stereocenters. The van der Waals surface area contributed by atoms with Gasteiger partial charge in [0.15, 0.2) is 0 Å². The first-order chi connectivity index (χ1) is 13.1. The number of pyridine rings is 1. The molecule has 2 aromatic carbocycles. The number of anilines is 1. The van der Waals surface area contributed by atoms with Crippen LogP contribution in [0.2, 0.25) is 0 Å². The highest BCUT2D eigenvalue weighted by Gasteiger charge is 2.20. The molecule has 3 N–H and O–H groups in total. The molecule has 0 saturated heterocycles. The van der Waals surface area contributed by atoms with Crippen LogP contribution in [0.5, 0.6) is 5.75 Å². The first kappa shape index (κ1) is 16.4. The summed E-state index contributed by atoms with van der Waals surface area (Å²) in [5.74, 6) is -0.265. The molecule has 6 heteroatoms. The molecule has 2 heterocycles. The summed E-state index contributed by atoms with van der Waals surface area (Å²) in [6, 6.07) is 19.4. The van der Waals surface area contributed by atoms with Crippen molar-refractivity contribution in [3.63, 3.8) is 0 Å². The Labute approximate surface area is 153 Å². The molecule has 0 spiro atoms. The van der Waals surface area contributed by atoms with Crippen molar-refractivity contribution in [3.8, 4) is 34.2 Å². The summed E-state index contributed by atoms with van der Waals surface area (Å²) in [5, 5.41) is 20.5. The van der Waals surface area contributed by atoms with E-state index in [0.717, 1.165) is 5.56 Å². The molecule has 4 rings (SSSR count). The second-order valence-electron chi connectivity index (χ2n) is 5.90. The first-order valence-corrected chi connectivity index (χ1v) is 8.11. The number of rotatable bonds is 2. The Morgan fingerprint density at radius 2 is 1.78 bits per heavy atom. The van der Waals surface area contributed by atoms with E-state index in [1.54, 1.807) is 30.3 Å². The van der Waals surface area contributed by atoms with E-state index in [-0.39, 0.29) is 34.0 Å². The third-order valence-corrected chi connectivity index (χ3v) is 4.29. The van der Waals surface area contributed by atoms with Gasteiger partial charge in [-0.25, -0.2) is 9.78 Å². The molecule has 2 aromatic heterocycles. The van der Waals surface area contributed by atoms with E-state index in [2.05, 4.69) is 4.98 Å². The molecule has 0 radical (unpaired) electrons. The normalized spacial score (nSPS) is 10.6. The van der Waals surface area contributed by atoms with E-state index in [9.17, 15) is 15.2 Å². The van der Waals surface area contributed by atoms with Gasteiger partial charge in [-0.1, -0.05) is 42.5 Å². The predicted molar refractivity (Wildman–Crippen MR) is 102 cm³/mol. The minimum atomic E-state index is -0.734. The Balaban J connectivity index is 2.05. The van der Waals surface area contributed by atoms with Crippen LogP contribution in [-0.4, -0.2) is 10.1 Å². The van der Waals surface area contributed by atoms with Crippen molar-refractivity contribution >= 4 is 16.8 Å². The monoisotopic (exact) mass is 355 g/mol. The number of nitrogens with two attached hydrogens (primary N) is 1. The van der Waals surface area contributed by atoms with E-state index in [0.29, 0.717) is 10.9 Å². The van der Waals surface area contributed by atoms with Gasteiger partial charge in [-0.3, -0.25) is 0 Å². The predicted octanol–water partition coefficient (Wildman–Crippen LogP) is 3.68. The van der Waals surface area contributed by atoms with Gasteiger partial charge in [0.1, 0.15) is 34.3 Å². The molecular weight excluding hydrogens is 342 g/mol. The molecule has 0 unspecified atom stereocenters. The molecular formula is C21H13N3O3. The van der Waals surface area contributed by atoms with Crippen LogP contribution in [0.25, 0.3) is 33.4 Å². The molecule has 0 aliphatic carbocycles. The van der Waals surface area contributed by atoms with Crippen molar-refractivity contribution in [1.29, 1.82) is 5.26 Å². The summed E-state index contributed by atoms with van der Waals surface area (Å²) in [4.78, 5) is 16.7. The molecule has 4 aromatic rings. The number of aromatic hydroxyl groups is 1. The molecule has 0 amide bonds. The first-order valence-electron chi connectivity index (χ1n) is 8.11. The molecule has 27 heavy (non-hydrogen) atoms. The minimum absolute atomic E-state index is 0.0270. The summed E-state index contributed by atoms with van der Waals surface area (Å²) in [6.45, 7) is 0. The molecule has 0 fully saturated rings. The largest absolute Gasteiger partial charge is 0.506 e. The van der Waals surface area contributed by atoms with Crippen LogP contribution < -0.4 is 11.4 Å². The van der Waals surface area contributed by atoms with Crippen molar-refractivity contribution in [2.45, 2.75) is 0 Å². The van der Waals surface area contributed by atoms with Crippen molar-refractivity contribution in [2.75, 3.05) is 5.73 Å². The van der Waals surface area contributed by atoms with Gasteiger partial charge in [0, 0.05) is 5.56 Å². The van der Waals surface area contributed by atoms with Gasteiger partial charge in [-0.05, 0) is 23.8 Å². The quantitative estimate of drug-likeness (QED) is 0.530. The number of nitrogens with zero attached hydrogens (tertiary/aromatic N) is 2. The average molecular weight is 355 g/mol. The zero-order valence-corrected chi connectivity index (χ0v) is 14.0. The van der Waals surface area contributed by atoms with Crippen molar-refractivity contribution in [2.24, 2.45) is 0 Å². The number of para-hydroxylation sites is 1. The summed E-state index contributed by atoms with van der Waals surface area (Å²) >= 11 is 0. The van der Waals surface area contributed by atoms with Crippen molar-refractivity contribution in [1.82, 2.24) is 4.98 Å². The lowest BCUT2D eigenvalue weighted by molar-refractivity contribution is 0.471. The fraction of sp³-hybridized carbons (Fsp3) is 0. The average Bonchev–Trinajstić information content (AvgIpc) is 2.68. The fourth-order valence-electron chi connectivity index (χ4n) is 3.02. The van der Waals surface area contributed by atoms with Crippen LogP contribution in [0.4, 0.5) is 5.82 Å². The third-order valence-electron chi connectivity index (χ3n) is 4.29. The topological polar surface area (TPSA) is 113 Å². The van der Waals surface area contributed by atoms with Gasteiger partial charge in [-0.2, -0.15) is 5.26 Å². The maximum Gasteiger partial charge on any atom is 0.349 e.